The Kier molecular flexibility index (Phi) is 11.6. The highest BCUT2D eigenvalue weighted by molar-refractivity contribution is 5.87. The van der Waals surface area contributed by atoms with Crippen LogP contribution >= 0.6 is 0 Å². The highest BCUT2D eigenvalue weighted by atomic mass is 16.5. The summed E-state index contributed by atoms with van der Waals surface area (Å²) in [5.74, 6) is -0.318. The molecule has 0 rings (SSSR count). The zero-order valence-corrected chi connectivity index (χ0v) is 18.5. The zero-order chi connectivity index (χ0) is 22.0. The van der Waals surface area contributed by atoms with Crippen LogP contribution in [0, 0.1) is 16.7 Å². The number of carbonyl (C=O) groups is 2. The Hall–Kier alpha value is -1.44. The molecule has 0 saturated carbocycles. The normalized spacial score (nSPS) is 12.2. The first-order chi connectivity index (χ1) is 12.9. The van der Waals surface area contributed by atoms with E-state index in [9.17, 15) is 14.7 Å². The summed E-state index contributed by atoms with van der Waals surface area (Å²) in [6.45, 7) is 17.5. The van der Waals surface area contributed by atoms with Crippen LogP contribution in [0.25, 0.3) is 0 Å². The summed E-state index contributed by atoms with van der Waals surface area (Å²) in [7, 11) is 0. The maximum Gasteiger partial charge on any atom is 0.246 e. The second kappa shape index (κ2) is 12.2. The van der Waals surface area contributed by atoms with Gasteiger partial charge in [0.2, 0.25) is 11.8 Å². The number of rotatable bonds is 14. The number of aliphatic hydroxyl groups excluding tert-OH is 2. The molecule has 0 aromatic rings. The Labute approximate surface area is 170 Å². The lowest BCUT2D eigenvalue weighted by Crippen LogP contribution is -2.45. The summed E-state index contributed by atoms with van der Waals surface area (Å²) in [5, 5.41) is 18.4. The van der Waals surface area contributed by atoms with Gasteiger partial charge in [0.15, 0.2) is 0 Å². The predicted octanol–water partition coefficient (Wildman–Crippen LogP) is 1.54. The number of hydrogen-bond donors (Lipinski definition) is 2. The fraction of sp³-hybridized carbons (Fsp3) is 0.810. The van der Waals surface area contributed by atoms with Gasteiger partial charge in [-0.3, -0.25) is 9.59 Å². The van der Waals surface area contributed by atoms with Gasteiger partial charge in [-0.15, -0.1) is 0 Å². The van der Waals surface area contributed by atoms with E-state index in [0.29, 0.717) is 32.8 Å². The van der Waals surface area contributed by atoms with Crippen LogP contribution in [-0.2, 0) is 14.3 Å². The zero-order valence-electron chi connectivity index (χ0n) is 18.5. The summed E-state index contributed by atoms with van der Waals surface area (Å²) in [6, 6.07) is 0. The quantitative estimate of drug-likeness (QED) is 0.432. The van der Waals surface area contributed by atoms with E-state index in [2.05, 4.69) is 6.58 Å². The van der Waals surface area contributed by atoms with Gasteiger partial charge in [0.25, 0.3) is 0 Å². The molecule has 0 aliphatic carbocycles. The van der Waals surface area contributed by atoms with E-state index in [-0.39, 0.29) is 48.3 Å². The maximum atomic E-state index is 12.3. The average molecular weight is 401 g/mol. The highest BCUT2D eigenvalue weighted by Gasteiger charge is 2.29. The van der Waals surface area contributed by atoms with Gasteiger partial charge >= 0.3 is 0 Å². The summed E-state index contributed by atoms with van der Waals surface area (Å²) >= 11 is 0. The number of nitrogens with zero attached hydrogens (tertiary/aromatic N) is 2. The third-order valence-corrected chi connectivity index (χ3v) is 4.26. The van der Waals surface area contributed by atoms with Crippen LogP contribution in [0.3, 0.4) is 0 Å². The highest BCUT2D eigenvalue weighted by Crippen LogP contribution is 2.23. The number of hydrogen-bond acceptors (Lipinski definition) is 5. The molecule has 2 amide bonds. The minimum absolute atomic E-state index is 0.0186. The van der Waals surface area contributed by atoms with Gasteiger partial charge in [-0.1, -0.05) is 48.1 Å². The Morgan fingerprint density at radius 3 is 1.79 bits per heavy atom. The molecule has 0 saturated heterocycles. The number of carbonyl (C=O) groups excluding carboxylic acids is 2. The van der Waals surface area contributed by atoms with Crippen molar-refractivity contribution in [3.8, 4) is 0 Å². The Balaban J connectivity index is 4.76. The van der Waals surface area contributed by atoms with Gasteiger partial charge < -0.3 is 24.7 Å². The van der Waals surface area contributed by atoms with E-state index in [1.807, 2.05) is 41.5 Å². The first-order valence-corrected chi connectivity index (χ1v) is 9.88. The van der Waals surface area contributed by atoms with Crippen molar-refractivity contribution in [3.63, 3.8) is 0 Å². The van der Waals surface area contributed by atoms with E-state index < -0.39 is 0 Å². The van der Waals surface area contributed by atoms with Crippen LogP contribution in [0.1, 0.15) is 41.5 Å². The minimum atomic E-state index is -0.303. The maximum absolute atomic E-state index is 12.3. The molecular weight excluding hydrogens is 360 g/mol. The molecule has 0 fully saturated rings. The monoisotopic (exact) mass is 400 g/mol. The molecule has 0 atom stereocenters. The van der Waals surface area contributed by atoms with Crippen LogP contribution < -0.4 is 0 Å². The molecule has 2 N–H and O–H groups in total. The van der Waals surface area contributed by atoms with Gasteiger partial charge in [0, 0.05) is 42.9 Å². The Bertz CT molecular complexity index is 503. The smallest absolute Gasteiger partial charge is 0.246 e. The molecule has 7 heteroatoms. The van der Waals surface area contributed by atoms with Crippen LogP contribution in [0.15, 0.2) is 12.7 Å². The van der Waals surface area contributed by atoms with Crippen molar-refractivity contribution in [3.05, 3.63) is 12.7 Å². The van der Waals surface area contributed by atoms with Crippen LogP contribution in [-0.4, -0.2) is 84.4 Å². The lowest BCUT2D eigenvalue weighted by molar-refractivity contribution is -0.137. The lowest BCUT2D eigenvalue weighted by Gasteiger charge is -2.35. The molecule has 0 bridgehead atoms. The molecule has 0 aliphatic rings. The molecule has 0 aliphatic heterocycles. The largest absolute Gasteiger partial charge is 0.395 e. The molecule has 0 aromatic carbocycles. The molecule has 0 heterocycles. The molecule has 164 valence electrons. The molecule has 28 heavy (non-hydrogen) atoms. The van der Waals surface area contributed by atoms with E-state index in [1.165, 1.54) is 6.08 Å². The second-order valence-corrected chi connectivity index (χ2v) is 9.15. The lowest BCUT2D eigenvalue weighted by atomic mass is 9.91. The van der Waals surface area contributed by atoms with Gasteiger partial charge in [-0.2, -0.15) is 0 Å². The van der Waals surface area contributed by atoms with E-state index in [0.717, 1.165) is 0 Å². The van der Waals surface area contributed by atoms with Crippen molar-refractivity contribution in [1.29, 1.82) is 0 Å². The van der Waals surface area contributed by atoms with Crippen molar-refractivity contribution in [2.45, 2.75) is 41.5 Å². The molecule has 7 nitrogen and oxygen atoms in total. The summed E-state index contributed by atoms with van der Waals surface area (Å²) < 4.78 is 5.95. The fourth-order valence-electron chi connectivity index (χ4n) is 3.00. The van der Waals surface area contributed by atoms with Gasteiger partial charge in [-0.05, 0) is 6.08 Å². The van der Waals surface area contributed by atoms with Crippen LogP contribution in [0.5, 0.6) is 0 Å². The summed E-state index contributed by atoms with van der Waals surface area (Å²) in [5.41, 5.74) is -0.583. The standard InChI is InChI=1S/C21H40N2O5/c1-8-18(26)22(9-11-24)13-20(4,5)15-28-16-21(6,7)14-23(10-12-25)19(27)17(2)3/h8,17,24-25H,1,9-16H2,2-7H3. The second-order valence-electron chi connectivity index (χ2n) is 9.15. The SMILES string of the molecule is C=CC(=O)N(CCO)CC(C)(C)COCC(C)(C)CN(CCO)C(=O)C(C)C. The van der Waals surface area contributed by atoms with Gasteiger partial charge in [0.1, 0.15) is 0 Å². The molecule has 0 aromatic heterocycles. The Morgan fingerprint density at radius 2 is 1.39 bits per heavy atom. The fourth-order valence-corrected chi connectivity index (χ4v) is 3.00. The average Bonchev–Trinajstić information content (AvgIpc) is 2.58. The first kappa shape index (κ1) is 26.6. The van der Waals surface area contributed by atoms with E-state index in [4.69, 9.17) is 9.84 Å². The first-order valence-electron chi connectivity index (χ1n) is 9.88. The number of amides is 2. The summed E-state index contributed by atoms with van der Waals surface area (Å²) in [6.07, 6.45) is 1.25. The molecular formula is C21H40N2O5. The minimum Gasteiger partial charge on any atom is -0.395 e. The third-order valence-electron chi connectivity index (χ3n) is 4.26. The Morgan fingerprint density at radius 1 is 0.964 bits per heavy atom. The third kappa shape index (κ3) is 10.2. The van der Waals surface area contributed by atoms with Crippen molar-refractivity contribution in [2.75, 3.05) is 52.6 Å². The van der Waals surface area contributed by atoms with Crippen molar-refractivity contribution < 1.29 is 24.5 Å². The summed E-state index contributed by atoms with van der Waals surface area (Å²) in [4.78, 5) is 27.5. The van der Waals surface area contributed by atoms with E-state index in [1.54, 1.807) is 9.80 Å². The van der Waals surface area contributed by atoms with Gasteiger partial charge in [-0.25, -0.2) is 0 Å². The number of ether oxygens (including phenoxy) is 1. The van der Waals surface area contributed by atoms with Crippen molar-refractivity contribution >= 4 is 11.8 Å². The topological polar surface area (TPSA) is 90.3 Å². The predicted molar refractivity (Wildman–Crippen MR) is 111 cm³/mol. The van der Waals surface area contributed by atoms with Gasteiger partial charge in [0.05, 0.1) is 26.4 Å². The van der Waals surface area contributed by atoms with E-state index >= 15 is 0 Å². The number of aliphatic hydroxyl groups is 2. The molecule has 0 radical (unpaired) electrons. The van der Waals surface area contributed by atoms with Crippen molar-refractivity contribution in [1.82, 2.24) is 9.80 Å². The van der Waals surface area contributed by atoms with Crippen LogP contribution in [0.4, 0.5) is 0 Å². The van der Waals surface area contributed by atoms with Crippen LogP contribution in [0.2, 0.25) is 0 Å². The van der Waals surface area contributed by atoms with Crippen molar-refractivity contribution in [2.24, 2.45) is 16.7 Å². The molecule has 0 unspecified atom stereocenters. The molecule has 0 spiro atoms.